The molecular formula is C11H16O3. The van der Waals surface area contributed by atoms with E-state index >= 15 is 0 Å². The van der Waals surface area contributed by atoms with Crippen LogP contribution in [0.15, 0.2) is 30.3 Å². The summed E-state index contributed by atoms with van der Waals surface area (Å²) in [5.74, 6) is 0. The van der Waals surface area contributed by atoms with Gasteiger partial charge in [-0.15, -0.1) is 0 Å². The van der Waals surface area contributed by atoms with Crippen molar-refractivity contribution in [2.24, 2.45) is 0 Å². The molecule has 0 amide bonds. The SMILES string of the molecule is CO[C@@H](O)C(O)CCc1ccccc1. The molecule has 0 saturated heterocycles. The van der Waals surface area contributed by atoms with Crippen molar-refractivity contribution >= 4 is 0 Å². The Morgan fingerprint density at radius 1 is 1.21 bits per heavy atom. The van der Waals surface area contributed by atoms with E-state index < -0.39 is 12.4 Å². The van der Waals surface area contributed by atoms with Gasteiger partial charge < -0.3 is 14.9 Å². The minimum Gasteiger partial charge on any atom is -0.388 e. The summed E-state index contributed by atoms with van der Waals surface area (Å²) >= 11 is 0. The molecule has 0 fully saturated rings. The summed E-state index contributed by atoms with van der Waals surface area (Å²) in [5, 5.41) is 18.5. The van der Waals surface area contributed by atoms with Crippen LogP contribution in [-0.2, 0) is 11.2 Å². The highest BCUT2D eigenvalue weighted by molar-refractivity contribution is 5.14. The number of aliphatic hydroxyl groups excluding tert-OH is 2. The summed E-state index contributed by atoms with van der Waals surface area (Å²) in [6.45, 7) is 0. The monoisotopic (exact) mass is 196 g/mol. The van der Waals surface area contributed by atoms with E-state index in [9.17, 15) is 5.11 Å². The summed E-state index contributed by atoms with van der Waals surface area (Å²) in [6, 6.07) is 9.84. The van der Waals surface area contributed by atoms with Crippen LogP contribution in [0.2, 0.25) is 0 Å². The molecule has 0 spiro atoms. The number of ether oxygens (including phenoxy) is 1. The van der Waals surface area contributed by atoms with Gasteiger partial charge >= 0.3 is 0 Å². The van der Waals surface area contributed by atoms with E-state index in [2.05, 4.69) is 4.74 Å². The lowest BCUT2D eigenvalue weighted by Gasteiger charge is -2.15. The van der Waals surface area contributed by atoms with E-state index in [1.165, 1.54) is 7.11 Å². The molecule has 14 heavy (non-hydrogen) atoms. The van der Waals surface area contributed by atoms with Crippen LogP contribution in [0.4, 0.5) is 0 Å². The average molecular weight is 196 g/mol. The molecule has 1 unspecified atom stereocenters. The molecule has 0 aliphatic rings. The summed E-state index contributed by atoms with van der Waals surface area (Å²) in [7, 11) is 1.37. The van der Waals surface area contributed by atoms with Crippen molar-refractivity contribution in [2.75, 3.05) is 7.11 Å². The molecule has 2 N–H and O–H groups in total. The molecule has 1 aromatic rings. The van der Waals surface area contributed by atoms with Crippen LogP contribution in [0, 0.1) is 0 Å². The molecule has 0 heterocycles. The summed E-state index contributed by atoms with van der Waals surface area (Å²) in [5.41, 5.74) is 1.15. The number of methoxy groups -OCH3 is 1. The van der Waals surface area contributed by atoms with Gasteiger partial charge in [0.25, 0.3) is 0 Å². The van der Waals surface area contributed by atoms with E-state index in [0.29, 0.717) is 6.42 Å². The van der Waals surface area contributed by atoms with Crippen molar-refractivity contribution in [2.45, 2.75) is 25.2 Å². The molecule has 1 aromatic carbocycles. The van der Waals surface area contributed by atoms with E-state index in [1.807, 2.05) is 30.3 Å². The van der Waals surface area contributed by atoms with E-state index in [-0.39, 0.29) is 0 Å². The van der Waals surface area contributed by atoms with Gasteiger partial charge in [-0.3, -0.25) is 0 Å². The maximum atomic E-state index is 9.40. The van der Waals surface area contributed by atoms with Gasteiger partial charge in [-0.25, -0.2) is 0 Å². The maximum Gasteiger partial charge on any atom is 0.180 e. The Labute approximate surface area is 84.0 Å². The van der Waals surface area contributed by atoms with E-state index in [1.54, 1.807) is 0 Å². The standard InChI is InChI=1S/C11H16O3/c1-14-11(13)10(12)8-7-9-5-3-2-4-6-9/h2-6,10-13H,7-8H2,1H3/t10?,11-/m1/s1. The third-order valence-electron chi connectivity index (χ3n) is 2.14. The first-order valence-corrected chi connectivity index (χ1v) is 4.67. The molecule has 78 valence electrons. The summed E-state index contributed by atoms with van der Waals surface area (Å²) in [4.78, 5) is 0. The Hall–Kier alpha value is -0.900. The molecule has 0 bridgehead atoms. The molecule has 0 radical (unpaired) electrons. The number of aryl methyl sites for hydroxylation is 1. The van der Waals surface area contributed by atoms with E-state index in [4.69, 9.17) is 5.11 Å². The molecule has 0 aliphatic carbocycles. The van der Waals surface area contributed by atoms with Crippen LogP contribution in [0.3, 0.4) is 0 Å². The second kappa shape index (κ2) is 5.75. The van der Waals surface area contributed by atoms with Gasteiger partial charge in [0.1, 0.15) is 6.10 Å². The van der Waals surface area contributed by atoms with Crippen molar-refractivity contribution in [3.63, 3.8) is 0 Å². The van der Waals surface area contributed by atoms with Crippen molar-refractivity contribution in [1.29, 1.82) is 0 Å². The normalized spacial score (nSPS) is 15.1. The quantitative estimate of drug-likeness (QED) is 0.689. The van der Waals surface area contributed by atoms with Crippen LogP contribution in [0.25, 0.3) is 0 Å². The van der Waals surface area contributed by atoms with Gasteiger partial charge in [0.15, 0.2) is 6.29 Å². The Balaban J connectivity index is 2.34. The predicted molar refractivity (Wildman–Crippen MR) is 53.8 cm³/mol. The zero-order valence-electron chi connectivity index (χ0n) is 8.26. The summed E-state index contributed by atoms with van der Waals surface area (Å²) < 4.78 is 4.61. The van der Waals surface area contributed by atoms with Crippen molar-refractivity contribution in [1.82, 2.24) is 0 Å². The number of hydrogen-bond donors (Lipinski definition) is 2. The van der Waals surface area contributed by atoms with Crippen molar-refractivity contribution in [3.05, 3.63) is 35.9 Å². The predicted octanol–water partition coefficient (Wildman–Crippen LogP) is 0.945. The Kier molecular flexibility index (Phi) is 4.59. The average Bonchev–Trinajstić information content (AvgIpc) is 2.26. The largest absolute Gasteiger partial charge is 0.388 e. The van der Waals surface area contributed by atoms with Crippen LogP contribution in [-0.4, -0.2) is 29.7 Å². The molecule has 0 aromatic heterocycles. The lowest BCUT2D eigenvalue weighted by Crippen LogP contribution is -2.27. The second-order valence-corrected chi connectivity index (χ2v) is 3.22. The third kappa shape index (κ3) is 3.46. The zero-order valence-corrected chi connectivity index (χ0v) is 8.26. The fourth-order valence-electron chi connectivity index (χ4n) is 1.26. The Morgan fingerprint density at radius 3 is 2.43 bits per heavy atom. The van der Waals surface area contributed by atoms with Crippen molar-refractivity contribution in [3.8, 4) is 0 Å². The molecule has 1 rings (SSSR count). The molecule has 3 nitrogen and oxygen atoms in total. The van der Waals surface area contributed by atoms with Crippen LogP contribution in [0.1, 0.15) is 12.0 Å². The fourth-order valence-corrected chi connectivity index (χ4v) is 1.26. The highest BCUT2D eigenvalue weighted by Crippen LogP contribution is 2.07. The Bertz CT molecular complexity index is 248. The number of rotatable bonds is 5. The lowest BCUT2D eigenvalue weighted by molar-refractivity contribution is -0.145. The smallest absolute Gasteiger partial charge is 0.180 e. The van der Waals surface area contributed by atoms with Crippen LogP contribution in [0.5, 0.6) is 0 Å². The van der Waals surface area contributed by atoms with Gasteiger partial charge in [0, 0.05) is 7.11 Å². The molecular weight excluding hydrogens is 180 g/mol. The number of hydrogen-bond acceptors (Lipinski definition) is 3. The topological polar surface area (TPSA) is 49.7 Å². The first kappa shape index (κ1) is 11.2. The first-order valence-electron chi connectivity index (χ1n) is 4.67. The van der Waals surface area contributed by atoms with Gasteiger partial charge in [-0.1, -0.05) is 30.3 Å². The van der Waals surface area contributed by atoms with E-state index in [0.717, 1.165) is 12.0 Å². The number of aliphatic hydroxyl groups is 2. The minimum absolute atomic E-state index is 0.499. The van der Waals surface area contributed by atoms with Crippen LogP contribution >= 0.6 is 0 Å². The Morgan fingerprint density at radius 2 is 1.86 bits per heavy atom. The molecule has 0 saturated carbocycles. The first-order chi connectivity index (χ1) is 6.74. The summed E-state index contributed by atoms with van der Waals surface area (Å²) in [6.07, 6.45) is -0.666. The lowest BCUT2D eigenvalue weighted by atomic mass is 10.1. The third-order valence-corrected chi connectivity index (χ3v) is 2.14. The van der Waals surface area contributed by atoms with Gasteiger partial charge in [-0.2, -0.15) is 0 Å². The second-order valence-electron chi connectivity index (χ2n) is 3.22. The van der Waals surface area contributed by atoms with Gasteiger partial charge in [-0.05, 0) is 18.4 Å². The molecule has 2 atom stereocenters. The highest BCUT2D eigenvalue weighted by Gasteiger charge is 2.14. The minimum atomic E-state index is -1.08. The number of benzene rings is 1. The molecule has 3 heteroatoms. The van der Waals surface area contributed by atoms with Gasteiger partial charge in [0.05, 0.1) is 0 Å². The van der Waals surface area contributed by atoms with Crippen molar-refractivity contribution < 1.29 is 14.9 Å². The van der Waals surface area contributed by atoms with Gasteiger partial charge in [0.2, 0.25) is 0 Å². The highest BCUT2D eigenvalue weighted by atomic mass is 16.6. The fraction of sp³-hybridized carbons (Fsp3) is 0.455. The molecule has 0 aliphatic heterocycles. The van der Waals surface area contributed by atoms with Crippen LogP contribution < -0.4 is 0 Å². The maximum absolute atomic E-state index is 9.40. The zero-order chi connectivity index (χ0) is 10.4.